The summed E-state index contributed by atoms with van der Waals surface area (Å²) >= 11 is 5.96. The van der Waals surface area contributed by atoms with Gasteiger partial charge in [-0.05, 0) is 37.6 Å². The van der Waals surface area contributed by atoms with Crippen molar-refractivity contribution in [3.8, 4) is 0 Å². The Morgan fingerprint density at radius 1 is 1.41 bits per heavy atom. The van der Waals surface area contributed by atoms with Gasteiger partial charge in [-0.1, -0.05) is 17.7 Å². The number of pyridine rings is 1. The second kappa shape index (κ2) is 4.51. The van der Waals surface area contributed by atoms with Crippen LogP contribution in [0.15, 0.2) is 23.0 Å². The molecule has 0 saturated carbocycles. The van der Waals surface area contributed by atoms with Crippen LogP contribution in [0.1, 0.15) is 11.1 Å². The summed E-state index contributed by atoms with van der Waals surface area (Å²) in [5, 5.41) is 1.69. The van der Waals surface area contributed by atoms with Crippen molar-refractivity contribution in [1.82, 2.24) is 4.57 Å². The van der Waals surface area contributed by atoms with Crippen LogP contribution in [0.3, 0.4) is 0 Å². The van der Waals surface area contributed by atoms with Gasteiger partial charge in [0.1, 0.15) is 0 Å². The first-order chi connectivity index (χ1) is 8.06. The van der Waals surface area contributed by atoms with Crippen LogP contribution in [0.4, 0.5) is 0 Å². The van der Waals surface area contributed by atoms with Crippen LogP contribution >= 0.6 is 11.6 Å². The predicted molar refractivity (Wildman–Crippen MR) is 71.7 cm³/mol. The Kier molecular flexibility index (Phi) is 3.22. The number of fused-ring (bicyclic) bond motifs is 1. The van der Waals surface area contributed by atoms with Crippen LogP contribution in [0.25, 0.3) is 10.9 Å². The molecule has 0 unspecified atom stereocenters. The molecule has 0 spiro atoms. The Morgan fingerprint density at radius 3 is 2.76 bits per heavy atom. The number of nitrogens with zero attached hydrogens (tertiary/aromatic N) is 1. The minimum Gasteiger partial charge on any atom is -0.330 e. The molecular weight excluding hydrogens is 236 g/mol. The first kappa shape index (κ1) is 12.1. The first-order valence-corrected chi connectivity index (χ1v) is 5.92. The summed E-state index contributed by atoms with van der Waals surface area (Å²) in [6, 6.07) is 5.61. The second-order valence-electron chi connectivity index (χ2n) is 4.17. The molecule has 17 heavy (non-hydrogen) atoms. The van der Waals surface area contributed by atoms with Crippen molar-refractivity contribution in [2.75, 3.05) is 6.54 Å². The highest BCUT2D eigenvalue weighted by Gasteiger charge is 2.11. The number of hydrogen-bond acceptors (Lipinski definition) is 2. The molecule has 1 heterocycles. The highest BCUT2D eigenvalue weighted by atomic mass is 35.5. The van der Waals surface area contributed by atoms with Crippen molar-refractivity contribution in [2.24, 2.45) is 12.8 Å². The maximum absolute atomic E-state index is 12.2. The van der Waals surface area contributed by atoms with Crippen molar-refractivity contribution in [2.45, 2.75) is 13.3 Å². The number of rotatable bonds is 2. The van der Waals surface area contributed by atoms with E-state index in [0.29, 0.717) is 18.0 Å². The molecule has 2 aromatic rings. The molecule has 1 aromatic heterocycles. The van der Waals surface area contributed by atoms with Gasteiger partial charge in [-0.15, -0.1) is 0 Å². The normalized spacial score (nSPS) is 11.1. The van der Waals surface area contributed by atoms with E-state index in [-0.39, 0.29) is 5.56 Å². The van der Waals surface area contributed by atoms with E-state index in [0.717, 1.165) is 22.0 Å². The molecule has 0 aliphatic rings. The van der Waals surface area contributed by atoms with Gasteiger partial charge in [0.2, 0.25) is 0 Å². The summed E-state index contributed by atoms with van der Waals surface area (Å²) < 4.78 is 1.64. The number of aryl methyl sites for hydroxylation is 2. The lowest BCUT2D eigenvalue weighted by Gasteiger charge is -2.12. The van der Waals surface area contributed by atoms with Gasteiger partial charge in [0.25, 0.3) is 5.56 Å². The fourth-order valence-corrected chi connectivity index (χ4v) is 2.34. The Labute approximate surface area is 105 Å². The SMILES string of the molecule is Cc1c(CCN)c(=O)n(C)c2cc(Cl)ccc12. The molecule has 0 saturated heterocycles. The van der Waals surface area contributed by atoms with Gasteiger partial charge in [0.05, 0.1) is 5.52 Å². The number of hydrogen-bond donors (Lipinski definition) is 1. The summed E-state index contributed by atoms with van der Waals surface area (Å²) in [6.45, 7) is 2.44. The van der Waals surface area contributed by atoms with Crippen molar-refractivity contribution in [3.63, 3.8) is 0 Å². The fraction of sp³-hybridized carbons (Fsp3) is 0.308. The second-order valence-corrected chi connectivity index (χ2v) is 4.60. The standard InChI is InChI=1S/C13H15ClN2O/c1-8-10-4-3-9(14)7-12(10)16(2)13(17)11(8)5-6-15/h3-4,7H,5-6,15H2,1-2H3. The number of aromatic nitrogens is 1. The van der Waals surface area contributed by atoms with E-state index < -0.39 is 0 Å². The molecule has 1 aromatic carbocycles. The third-order valence-corrected chi connectivity index (χ3v) is 3.37. The Morgan fingerprint density at radius 2 is 2.12 bits per heavy atom. The van der Waals surface area contributed by atoms with Crippen molar-refractivity contribution in [1.29, 1.82) is 0 Å². The zero-order valence-corrected chi connectivity index (χ0v) is 10.7. The lowest BCUT2D eigenvalue weighted by Crippen LogP contribution is -2.25. The predicted octanol–water partition coefficient (Wildman–Crippen LogP) is 2.00. The molecule has 0 aliphatic carbocycles. The summed E-state index contributed by atoms with van der Waals surface area (Å²) in [5.41, 5.74) is 8.23. The van der Waals surface area contributed by atoms with E-state index >= 15 is 0 Å². The Hall–Kier alpha value is -1.32. The lowest BCUT2D eigenvalue weighted by molar-refractivity contribution is 0.849. The average Bonchev–Trinajstić information content (AvgIpc) is 2.32. The molecule has 0 radical (unpaired) electrons. The average molecular weight is 251 g/mol. The number of benzene rings is 1. The zero-order valence-electron chi connectivity index (χ0n) is 9.96. The van der Waals surface area contributed by atoms with Gasteiger partial charge in [-0.25, -0.2) is 0 Å². The topological polar surface area (TPSA) is 48.0 Å². The maximum Gasteiger partial charge on any atom is 0.254 e. The first-order valence-electron chi connectivity index (χ1n) is 5.54. The van der Waals surface area contributed by atoms with E-state index in [1.54, 1.807) is 11.6 Å². The quantitative estimate of drug-likeness (QED) is 0.886. The molecule has 0 bridgehead atoms. The van der Waals surface area contributed by atoms with Crippen LogP contribution in [-0.2, 0) is 13.5 Å². The van der Waals surface area contributed by atoms with Gasteiger partial charge >= 0.3 is 0 Å². The molecule has 0 atom stereocenters. The van der Waals surface area contributed by atoms with E-state index in [1.165, 1.54) is 0 Å². The minimum absolute atomic E-state index is 0.0164. The molecule has 0 aliphatic heterocycles. The van der Waals surface area contributed by atoms with E-state index in [9.17, 15) is 4.79 Å². The van der Waals surface area contributed by atoms with Crippen molar-refractivity contribution in [3.05, 3.63) is 44.7 Å². The van der Waals surface area contributed by atoms with Crippen molar-refractivity contribution < 1.29 is 0 Å². The molecular formula is C13H15ClN2O. The van der Waals surface area contributed by atoms with E-state index in [1.807, 2.05) is 25.1 Å². The summed E-state index contributed by atoms with van der Waals surface area (Å²) in [5.74, 6) is 0. The molecule has 4 heteroatoms. The fourth-order valence-electron chi connectivity index (χ4n) is 2.17. The largest absolute Gasteiger partial charge is 0.330 e. The van der Waals surface area contributed by atoms with Crippen LogP contribution in [0.5, 0.6) is 0 Å². The van der Waals surface area contributed by atoms with Gasteiger partial charge in [-0.2, -0.15) is 0 Å². The highest BCUT2D eigenvalue weighted by molar-refractivity contribution is 6.31. The zero-order chi connectivity index (χ0) is 12.6. The van der Waals surface area contributed by atoms with Crippen LogP contribution in [0.2, 0.25) is 5.02 Å². The highest BCUT2D eigenvalue weighted by Crippen LogP contribution is 2.22. The molecule has 2 N–H and O–H groups in total. The monoisotopic (exact) mass is 250 g/mol. The molecule has 3 nitrogen and oxygen atoms in total. The number of nitrogens with two attached hydrogens (primary N) is 1. The summed E-state index contributed by atoms with van der Waals surface area (Å²) in [4.78, 5) is 12.2. The van der Waals surface area contributed by atoms with Crippen LogP contribution < -0.4 is 11.3 Å². The summed E-state index contributed by atoms with van der Waals surface area (Å²) in [7, 11) is 1.76. The van der Waals surface area contributed by atoms with Crippen LogP contribution in [0, 0.1) is 6.92 Å². The molecule has 90 valence electrons. The van der Waals surface area contributed by atoms with Gasteiger partial charge < -0.3 is 10.3 Å². The van der Waals surface area contributed by atoms with Gasteiger partial charge in [0.15, 0.2) is 0 Å². The van der Waals surface area contributed by atoms with Gasteiger partial charge in [0, 0.05) is 23.0 Å². The lowest BCUT2D eigenvalue weighted by atomic mass is 10.0. The minimum atomic E-state index is 0.0164. The van der Waals surface area contributed by atoms with E-state index in [2.05, 4.69) is 0 Å². The third kappa shape index (κ3) is 1.96. The Bertz CT molecular complexity index is 631. The number of halogens is 1. The van der Waals surface area contributed by atoms with Crippen molar-refractivity contribution >= 4 is 22.5 Å². The Balaban J connectivity index is 2.89. The molecule has 2 rings (SSSR count). The van der Waals surface area contributed by atoms with Gasteiger partial charge in [-0.3, -0.25) is 4.79 Å². The van der Waals surface area contributed by atoms with E-state index in [4.69, 9.17) is 17.3 Å². The third-order valence-electron chi connectivity index (χ3n) is 3.13. The van der Waals surface area contributed by atoms with Crippen LogP contribution in [-0.4, -0.2) is 11.1 Å². The summed E-state index contributed by atoms with van der Waals surface area (Å²) in [6.07, 6.45) is 0.608. The maximum atomic E-state index is 12.2. The molecule has 0 amide bonds. The smallest absolute Gasteiger partial charge is 0.254 e. The molecule has 0 fully saturated rings.